The first-order valence-electron chi connectivity index (χ1n) is 12.6. The van der Waals surface area contributed by atoms with Crippen molar-refractivity contribution < 1.29 is 5.11 Å². The molecule has 0 radical (unpaired) electrons. The van der Waals surface area contributed by atoms with E-state index in [1.807, 2.05) is 12.1 Å². The minimum Gasteiger partial charge on any atom is -0.508 e. The Hall–Kier alpha value is -2.11. The summed E-state index contributed by atoms with van der Waals surface area (Å²) in [6, 6.07) is 25.9. The van der Waals surface area contributed by atoms with Gasteiger partial charge in [-0.25, -0.2) is 0 Å². The maximum absolute atomic E-state index is 9.85. The van der Waals surface area contributed by atoms with Crippen LogP contribution in [0.3, 0.4) is 0 Å². The highest BCUT2D eigenvalue weighted by atomic mass is 31.1. The van der Waals surface area contributed by atoms with Gasteiger partial charge in [-0.15, -0.1) is 0 Å². The number of phenols is 1. The van der Waals surface area contributed by atoms with Crippen molar-refractivity contribution in [3.63, 3.8) is 0 Å². The average molecular weight is 443 g/mol. The summed E-state index contributed by atoms with van der Waals surface area (Å²) in [6.45, 7) is 0. The molecule has 2 aliphatic carbocycles. The van der Waals surface area contributed by atoms with Crippen LogP contribution >= 0.6 is 7.92 Å². The SMILES string of the molecule is Oc1cccc(-c2ccc(-c3ccccc3P(C3CCCCC3)C3CCCCC3)cc2)c1. The molecule has 3 aromatic rings. The highest BCUT2D eigenvalue weighted by Crippen LogP contribution is 2.56. The molecule has 32 heavy (non-hydrogen) atoms. The molecule has 2 fully saturated rings. The fourth-order valence-electron chi connectivity index (χ4n) is 5.88. The quantitative estimate of drug-likeness (QED) is 0.393. The fourth-order valence-corrected chi connectivity index (χ4v) is 9.85. The van der Waals surface area contributed by atoms with Crippen LogP contribution in [0.4, 0.5) is 0 Å². The van der Waals surface area contributed by atoms with E-state index in [1.54, 1.807) is 11.4 Å². The molecule has 0 bridgehead atoms. The van der Waals surface area contributed by atoms with Crippen LogP contribution in [0, 0.1) is 0 Å². The van der Waals surface area contributed by atoms with E-state index in [9.17, 15) is 5.11 Å². The topological polar surface area (TPSA) is 20.2 Å². The molecule has 0 spiro atoms. The van der Waals surface area contributed by atoms with Gasteiger partial charge in [-0.05, 0) is 76.7 Å². The molecule has 2 saturated carbocycles. The number of rotatable bonds is 5. The zero-order chi connectivity index (χ0) is 21.8. The third-order valence-corrected chi connectivity index (χ3v) is 11.0. The fraction of sp³-hybridized carbons (Fsp3) is 0.400. The minimum absolute atomic E-state index is 0.125. The van der Waals surface area contributed by atoms with E-state index in [0.717, 1.165) is 22.4 Å². The summed E-state index contributed by atoms with van der Waals surface area (Å²) in [5.41, 5.74) is 6.84. The zero-order valence-corrected chi connectivity index (χ0v) is 19.9. The zero-order valence-electron chi connectivity index (χ0n) is 19.0. The third-order valence-electron chi connectivity index (χ3n) is 7.49. The predicted octanol–water partition coefficient (Wildman–Crippen LogP) is 8.50. The van der Waals surface area contributed by atoms with E-state index in [0.29, 0.717) is 5.75 Å². The lowest BCUT2D eigenvalue weighted by Crippen LogP contribution is -2.27. The number of hydrogen-bond donors (Lipinski definition) is 1. The third kappa shape index (κ3) is 4.79. The smallest absolute Gasteiger partial charge is 0.116 e. The van der Waals surface area contributed by atoms with Crippen molar-refractivity contribution in [1.82, 2.24) is 0 Å². The first kappa shape index (κ1) is 21.7. The second kappa shape index (κ2) is 10.2. The van der Waals surface area contributed by atoms with Gasteiger partial charge in [-0.2, -0.15) is 0 Å². The molecule has 0 unspecified atom stereocenters. The van der Waals surface area contributed by atoms with Crippen LogP contribution < -0.4 is 5.30 Å². The molecule has 2 aliphatic rings. The molecular formula is C30H35OP. The Morgan fingerprint density at radius 3 is 1.78 bits per heavy atom. The maximum atomic E-state index is 9.85. The normalized spacial score (nSPS) is 18.2. The van der Waals surface area contributed by atoms with Crippen molar-refractivity contribution in [3.8, 4) is 28.0 Å². The maximum Gasteiger partial charge on any atom is 0.116 e. The number of phenolic OH excluding ortho intramolecular Hbond substituents is 1. The molecule has 3 aromatic carbocycles. The van der Waals surface area contributed by atoms with Crippen molar-refractivity contribution in [1.29, 1.82) is 0 Å². The molecule has 1 N–H and O–H groups in total. The monoisotopic (exact) mass is 442 g/mol. The molecule has 2 heteroatoms. The Labute approximate surface area is 194 Å². The Balaban J connectivity index is 1.50. The van der Waals surface area contributed by atoms with Gasteiger partial charge in [-0.3, -0.25) is 0 Å². The molecule has 0 amide bonds. The van der Waals surface area contributed by atoms with Gasteiger partial charge in [-0.1, -0.05) is 107 Å². The largest absolute Gasteiger partial charge is 0.508 e. The first-order valence-corrected chi connectivity index (χ1v) is 14.0. The van der Waals surface area contributed by atoms with Gasteiger partial charge in [0.2, 0.25) is 0 Å². The van der Waals surface area contributed by atoms with Gasteiger partial charge in [0.05, 0.1) is 0 Å². The Kier molecular flexibility index (Phi) is 6.94. The van der Waals surface area contributed by atoms with Crippen LogP contribution in [0.1, 0.15) is 64.2 Å². The van der Waals surface area contributed by atoms with Gasteiger partial charge in [0.1, 0.15) is 5.75 Å². The molecule has 0 atom stereocenters. The van der Waals surface area contributed by atoms with Crippen LogP contribution in [0.15, 0.2) is 72.8 Å². The highest BCUT2D eigenvalue weighted by molar-refractivity contribution is 7.67. The summed E-state index contributed by atoms with van der Waals surface area (Å²) in [4.78, 5) is 0. The van der Waals surface area contributed by atoms with Crippen LogP contribution in [0.2, 0.25) is 0 Å². The molecular weight excluding hydrogens is 407 g/mol. The van der Waals surface area contributed by atoms with Crippen LogP contribution in [-0.4, -0.2) is 16.4 Å². The molecule has 0 saturated heterocycles. The Morgan fingerprint density at radius 2 is 1.16 bits per heavy atom. The van der Waals surface area contributed by atoms with E-state index in [1.165, 1.54) is 75.3 Å². The number of hydrogen-bond acceptors (Lipinski definition) is 1. The molecule has 5 rings (SSSR count). The van der Waals surface area contributed by atoms with Gasteiger partial charge in [0.25, 0.3) is 0 Å². The summed E-state index contributed by atoms with van der Waals surface area (Å²) >= 11 is 0. The lowest BCUT2D eigenvalue weighted by Gasteiger charge is -2.39. The summed E-state index contributed by atoms with van der Waals surface area (Å²) in [7, 11) is -0.125. The summed E-state index contributed by atoms with van der Waals surface area (Å²) < 4.78 is 0. The molecule has 166 valence electrons. The lowest BCUT2D eigenvalue weighted by molar-refractivity contribution is 0.475. The van der Waals surface area contributed by atoms with Gasteiger partial charge in [0, 0.05) is 0 Å². The van der Waals surface area contributed by atoms with E-state index in [-0.39, 0.29) is 7.92 Å². The van der Waals surface area contributed by atoms with E-state index >= 15 is 0 Å². The minimum atomic E-state index is -0.125. The van der Waals surface area contributed by atoms with E-state index in [4.69, 9.17) is 0 Å². The van der Waals surface area contributed by atoms with Crippen LogP contribution in [0.25, 0.3) is 22.3 Å². The van der Waals surface area contributed by atoms with Crippen molar-refractivity contribution in [3.05, 3.63) is 72.8 Å². The van der Waals surface area contributed by atoms with E-state index in [2.05, 4.69) is 54.6 Å². The molecule has 1 nitrogen and oxygen atoms in total. The van der Waals surface area contributed by atoms with Crippen LogP contribution in [0.5, 0.6) is 5.75 Å². The number of aromatic hydroxyl groups is 1. The van der Waals surface area contributed by atoms with Crippen molar-refractivity contribution in [2.24, 2.45) is 0 Å². The molecule has 0 aliphatic heterocycles. The first-order chi connectivity index (χ1) is 15.8. The summed E-state index contributed by atoms with van der Waals surface area (Å²) in [6.07, 6.45) is 14.3. The molecule has 0 heterocycles. The summed E-state index contributed by atoms with van der Waals surface area (Å²) in [5.74, 6) is 0.322. The second-order valence-corrected chi connectivity index (χ2v) is 12.4. The summed E-state index contributed by atoms with van der Waals surface area (Å²) in [5, 5.41) is 11.5. The van der Waals surface area contributed by atoms with Gasteiger partial charge >= 0.3 is 0 Å². The Morgan fingerprint density at radius 1 is 0.562 bits per heavy atom. The van der Waals surface area contributed by atoms with Crippen molar-refractivity contribution >= 4 is 13.2 Å². The van der Waals surface area contributed by atoms with Crippen molar-refractivity contribution in [2.45, 2.75) is 75.5 Å². The molecule has 0 aromatic heterocycles. The predicted molar refractivity (Wildman–Crippen MR) is 139 cm³/mol. The van der Waals surface area contributed by atoms with Crippen LogP contribution in [-0.2, 0) is 0 Å². The number of benzene rings is 3. The van der Waals surface area contributed by atoms with E-state index < -0.39 is 0 Å². The van der Waals surface area contributed by atoms with Gasteiger partial charge in [0.15, 0.2) is 0 Å². The lowest BCUT2D eigenvalue weighted by atomic mass is 9.99. The van der Waals surface area contributed by atoms with Gasteiger partial charge < -0.3 is 5.11 Å². The Bertz CT molecular complexity index is 995. The standard InChI is InChI=1S/C30H35OP/c31-26-11-9-10-25(22-26)23-18-20-24(21-19-23)29-16-7-8-17-30(29)32(27-12-3-1-4-13-27)28-14-5-2-6-15-28/h7-11,16-22,27-28,31H,1-6,12-15H2. The van der Waals surface area contributed by atoms with Crippen molar-refractivity contribution in [2.75, 3.05) is 0 Å². The average Bonchev–Trinajstić information content (AvgIpc) is 2.86. The second-order valence-electron chi connectivity index (χ2n) is 9.64. The highest BCUT2D eigenvalue weighted by Gasteiger charge is 2.33.